The van der Waals surface area contributed by atoms with E-state index in [-0.39, 0.29) is 17.6 Å². The molecule has 3 aliphatic heterocycles. The zero-order chi connectivity index (χ0) is 29.7. The summed E-state index contributed by atoms with van der Waals surface area (Å²) in [6.45, 7) is 14.2. The van der Waals surface area contributed by atoms with Crippen molar-refractivity contribution in [3.8, 4) is 5.75 Å². The van der Waals surface area contributed by atoms with Gasteiger partial charge < -0.3 is 19.3 Å². The minimum atomic E-state index is -0.300. The standard InChI is InChI=1S/C35H55N3O4/c1-5-7-13-29-25-38(24-28-11-9-8-10-12-28)34(40)42-35(29)16-20-36(21-17-35)30-14-18-37(19-15-30)33(39)32-26(3)22-31(41-6-2)23-27(32)4/h22-23,28-30H,5-21,24-25H2,1-4H3. The summed E-state index contributed by atoms with van der Waals surface area (Å²) in [5.74, 6) is 2.06. The van der Waals surface area contributed by atoms with E-state index in [1.54, 1.807) is 0 Å². The Hall–Kier alpha value is -2.28. The first-order chi connectivity index (χ1) is 20.3. The molecule has 0 N–H and O–H groups in total. The number of ether oxygens (including phenoxy) is 2. The molecule has 3 heterocycles. The molecule has 1 aliphatic carbocycles. The number of amides is 2. The van der Waals surface area contributed by atoms with Gasteiger partial charge in [0.05, 0.1) is 6.61 Å². The molecule has 4 fully saturated rings. The highest BCUT2D eigenvalue weighted by Gasteiger charge is 2.50. The van der Waals surface area contributed by atoms with Crippen molar-refractivity contribution in [3.05, 3.63) is 28.8 Å². The van der Waals surface area contributed by atoms with Crippen LogP contribution in [0, 0.1) is 25.7 Å². The second kappa shape index (κ2) is 14.0. The number of aryl methyl sites for hydroxylation is 2. The van der Waals surface area contributed by atoms with Crippen LogP contribution in [0.2, 0.25) is 0 Å². The number of benzene rings is 1. The molecule has 7 nitrogen and oxygen atoms in total. The number of carbonyl (C=O) groups excluding carboxylic acids is 2. The fourth-order valence-electron chi connectivity index (χ4n) is 8.35. The molecule has 1 unspecified atom stereocenters. The first kappa shape index (κ1) is 31.2. The summed E-state index contributed by atoms with van der Waals surface area (Å²) in [6.07, 6.45) is 13.8. The molecule has 234 valence electrons. The molecule has 7 heteroatoms. The average molecular weight is 582 g/mol. The van der Waals surface area contributed by atoms with Gasteiger partial charge >= 0.3 is 6.09 Å². The number of carbonyl (C=O) groups is 2. The maximum Gasteiger partial charge on any atom is 0.410 e. The number of nitrogens with zero attached hydrogens (tertiary/aromatic N) is 3. The Morgan fingerprint density at radius 1 is 0.976 bits per heavy atom. The number of hydrogen-bond donors (Lipinski definition) is 0. The van der Waals surface area contributed by atoms with Crippen LogP contribution in [-0.2, 0) is 4.74 Å². The Kier molecular flexibility index (Phi) is 10.4. The molecule has 1 atom stereocenters. The SMILES string of the molecule is CCCCC1CN(CC2CCCCC2)C(=O)OC12CCN(C1CCN(C(=O)c3c(C)cc(OCC)cc3C)CC1)CC2. The Morgan fingerprint density at radius 2 is 1.64 bits per heavy atom. The lowest BCUT2D eigenvalue weighted by molar-refractivity contribution is -0.127. The molecule has 1 saturated carbocycles. The molecule has 4 aliphatic rings. The minimum absolute atomic E-state index is 0.0616. The summed E-state index contributed by atoms with van der Waals surface area (Å²) in [4.78, 5) is 33.6. The van der Waals surface area contributed by atoms with Gasteiger partial charge in [-0.3, -0.25) is 9.69 Å². The number of rotatable bonds is 9. The largest absolute Gasteiger partial charge is 0.494 e. The summed E-state index contributed by atoms with van der Waals surface area (Å²) >= 11 is 0. The van der Waals surface area contributed by atoms with Gasteiger partial charge in [0.2, 0.25) is 0 Å². The topological polar surface area (TPSA) is 62.3 Å². The van der Waals surface area contributed by atoms with E-state index >= 15 is 0 Å². The van der Waals surface area contributed by atoms with Crippen LogP contribution in [0.4, 0.5) is 4.79 Å². The Morgan fingerprint density at radius 3 is 2.26 bits per heavy atom. The summed E-state index contributed by atoms with van der Waals surface area (Å²) < 4.78 is 12.1. The summed E-state index contributed by atoms with van der Waals surface area (Å²) in [5, 5.41) is 0. The van der Waals surface area contributed by atoms with Crippen molar-refractivity contribution < 1.29 is 19.1 Å². The van der Waals surface area contributed by atoms with Crippen molar-refractivity contribution in [3.63, 3.8) is 0 Å². The fourth-order valence-corrected chi connectivity index (χ4v) is 8.35. The third-order valence-corrected chi connectivity index (χ3v) is 10.8. The van der Waals surface area contributed by atoms with E-state index in [4.69, 9.17) is 9.47 Å². The molecular weight excluding hydrogens is 526 g/mol. The second-order valence-electron chi connectivity index (χ2n) is 13.6. The fraction of sp³-hybridized carbons (Fsp3) is 0.771. The van der Waals surface area contributed by atoms with E-state index in [9.17, 15) is 9.59 Å². The van der Waals surface area contributed by atoms with E-state index in [1.807, 2.05) is 37.8 Å². The minimum Gasteiger partial charge on any atom is -0.494 e. The molecule has 2 amide bonds. The highest BCUT2D eigenvalue weighted by molar-refractivity contribution is 5.97. The molecular formula is C35H55N3O4. The van der Waals surface area contributed by atoms with Crippen molar-refractivity contribution in [1.29, 1.82) is 0 Å². The molecule has 0 aromatic heterocycles. The van der Waals surface area contributed by atoms with Gasteiger partial charge in [-0.1, -0.05) is 39.0 Å². The molecule has 1 aromatic carbocycles. The van der Waals surface area contributed by atoms with Crippen LogP contribution in [0.5, 0.6) is 5.75 Å². The van der Waals surface area contributed by atoms with Crippen LogP contribution < -0.4 is 4.74 Å². The smallest absolute Gasteiger partial charge is 0.410 e. The third kappa shape index (κ3) is 6.92. The van der Waals surface area contributed by atoms with Gasteiger partial charge in [0, 0.05) is 69.6 Å². The van der Waals surface area contributed by atoms with Crippen molar-refractivity contribution in [2.75, 3.05) is 45.9 Å². The lowest BCUT2D eigenvalue weighted by Crippen LogP contribution is -2.61. The Bertz CT molecular complexity index is 1040. The maximum absolute atomic E-state index is 13.5. The molecule has 3 saturated heterocycles. The molecule has 5 rings (SSSR count). The van der Waals surface area contributed by atoms with E-state index in [0.29, 0.717) is 24.5 Å². The van der Waals surface area contributed by atoms with Gasteiger partial charge in [0.1, 0.15) is 11.4 Å². The van der Waals surface area contributed by atoms with E-state index in [0.717, 1.165) is 93.8 Å². The van der Waals surface area contributed by atoms with Crippen LogP contribution in [0.15, 0.2) is 12.1 Å². The molecule has 1 aromatic rings. The van der Waals surface area contributed by atoms with Crippen LogP contribution in [-0.4, -0.2) is 84.2 Å². The van der Waals surface area contributed by atoms with Gasteiger partial charge in [-0.2, -0.15) is 0 Å². The first-order valence-corrected chi connectivity index (χ1v) is 17.1. The van der Waals surface area contributed by atoms with Crippen molar-refractivity contribution in [2.24, 2.45) is 11.8 Å². The van der Waals surface area contributed by atoms with Gasteiger partial charge in [0.25, 0.3) is 5.91 Å². The third-order valence-electron chi connectivity index (χ3n) is 10.8. The monoisotopic (exact) mass is 581 g/mol. The second-order valence-corrected chi connectivity index (χ2v) is 13.6. The molecule has 42 heavy (non-hydrogen) atoms. The number of hydrogen-bond acceptors (Lipinski definition) is 5. The summed E-state index contributed by atoms with van der Waals surface area (Å²) in [7, 11) is 0. The summed E-state index contributed by atoms with van der Waals surface area (Å²) in [5.41, 5.74) is 2.50. The zero-order valence-electron chi connectivity index (χ0n) is 26.8. The van der Waals surface area contributed by atoms with E-state index < -0.39 is 0 Å². The zero-order valence-corrected chi connectivity index (χ0v) is 26.8. The average Bonchev–Trinajstić information content (AvgIpc) is 2.99. The summed E-state index contributed by atoms with van der Waals surface area (Å²) in [6, 6.07) is 4.47. The van der Waals surface area contributed by atoms with Crippen molar-refractivity contribution >= 4 is 12.0 Å². The maximum atomic E-state index is 13.5. The van der Waals surface area contributed by atoms with Crippen LogP contribution in [0.1, 0.15) is 112 Å². The molecule has 0 bridgehead atoms. The Balaban J connectivity index is 1.16. The molecule has 0 radical (unpaired) electrons. The van der Waals surface area contributed by atoms with Crippen LogP contribution in [0.3, 0.4) is 0 Å². The predicted octanol–water partition coefficient (Wildman–Crippen LogP) is 6.98. The van der Waals surface area contributed by atoms with E-state index in [2.05, 4.69) is 16.7 Å². The number of likely N-dealkylation sites (tertiary alicyclic amines) is 2. The first-order valence-electron chi connectivity index (χ1n) is 17.1. The Labute approximate surface area is 254 Å². The predicted molar refractivity (Wildman–Crippen MR) is 167 cm³/mol. The van der Waals surface area contributed by atoms with Gasteiger partial charge in [-0.15, -0.1) is 0 Å². The van der Waals surface area contributed by atoms with E-state index in [1.165, 1.54) is 44.9 Å². The normalized spacial score (nSPS) is 24.2. The quantitative estimate of drug-likeness (QED) is 0.315. The number of piperidine rings is 2. The van der Waals surface area contributed by atoms with Gasteiger partial charge in [-0.05, 0) is 82.1 Å². The lowest BCUT2D eigenvalue weighted by Gasteiger charge is -2.52. The highest BCUT2D eigenvalue weighted by Crippen LogP contribution is 2.42. The van der Waals surface area contributed by atoms with Gasteiger partial charge in [-0.25, -0.2) is 4.79 Å². The van der Waals surface area contributed by atoms with Crippen molar-refractivity contribution in [2.45, 2.75) is 116 Å². The van der Waals surface area contributed by atoms with Gasteiger partial charge in [0.15, 0.2) is 0 Å². The number of unbranched alkanes of at least 4 members (excludes halogenated alkanes) is 1. The lowest BCUT2D eigenvalue weighted by atomic mass is 9.75. The van der Waals surface area contributed by atoms with Crippen LogP contribution in [0.25, 0.3) is 0 Å². The molecule has 1 spiro atoms. The highest BCUT2D eigenvalue weighted by atomic mass is 16.6. The van der Waals surface area contributed by atoms with Crippen LogP contribution >= 0.6 is 0 Å². The van der Waals surface area contributed by atoms with Crippen molar-refractivity contribution in [1.82, 2.24) is 14.7 Å².